The van der Waals surface area contributed by atoms with Crippen LogP contribution < -0.4 is 11.5 Å². The van der Waals surface area contributed by atoms with Crippen molar-refractivity contribution >= 4 is 11.4 Å². The Hall–Kier alpha value is -1.96. The molecular weight excluding hydrogens is 232 g/mol. The number of hydrogen-bond donors (Lipinski definition) is 2. The molecule has 0 amide bonds. The first-order chi connectivity index (χ1) is 8.88. The van der Waals surface area contributed by atoms with Crippen LogP contribution in [-0.2, 0) is 0 Å². The molecule has 4 N–H and O–H groups in total. The highest BCUT2D eigenvalue weighted by atomic mass is 14.5. The average Bonchev–Trinajstić information content (AvgIpc) is 2.33. The van der Waals surface area contributed by atoms with E-state index in [0.717, 1.165) is 11.4 Å². The van der Waals surface area contributed by atoms with E-state index in [0.29, 0.717) is 5.92 Å². The van der Waals surface area contributed by atoms with E-state index < -0.39 is 0 Å². The van der Waals surface area contributed by atoms with Gasteiger partial charge in [-0.3, -0.25) is 0 Å². The van der Waals surface area contributed by atoms with Crippen molar-refractivity contribution < 1.29 is 0 Å². The minimum atomic E-state index is 0.131. The summed E-state index contributed by atoms with van der Waals surface area (Å²) in [6.45, 7) is 6.76. The quantitative estimate of drug-likeness (QED) is 0.795. The molecule has 0 fully saturated rings. The average molecular weight is 254 g/mol. The van der Waals surface area contributed by atoms with Gasteiger partial charge in [-0.2, -0.15) is 0 Å². The summed E-state index contributed by atoms with van der Waals surface area (Å²) in [7, 11) is 0. The van der Waals surface area contributed by atoms with Gasteiger partial charge in [0, 0.05) is 17.3 Å². The van der Waals surface area contributed by atoms with E-state index in [4.69, 9.17) is 11.5 Å². The third-order valence-electron chi connectivity index (χ3n) is 3.41. The fraction of sp³-hybridized carbons (Fsp3) is 0.294. The Morgan fingerprint density at radius 2 is 1.00 bits per heavy atom. The summed E-state index contributed by atoms with van der Waals surface area (Å²) in [5.74, 6) is 0.327. The molecule has 0 saturated heterocycles. The van der Waals surface area contributed by atoms with Gasteiger partial charge in [-0.05, 0) is 40.8 Å². The molecule has 0 aliphatic heterocycles. The summed E-state index contributed by atoms with van der Waals surface area (Å²) in [5, 5.41) is 0. The Morgan fingerprint density at radius 1 is 0.684 bits per heavy atom. The van der Waals surface area contributed by atoms with Gasteiger partial charge in [0.25, 0.3) is 0 Å². The van der Waals surface area contributed by atoms with Gasteiger partial charge >= 0.3 is 0 Å². The molecule has 0 aliphatic carbocycles. The molecule has 2 nitrogen and oxygen atoms in total. The van der Waals surface area contributed by atoms with E-state index in [2.05, 4.69) is 45.0 Å². The number of nitrogens with two attached hydrogens (primary N) is 2. The fourth-order valence-corrected chi connectivity index (χ4v) is 2.57. The molecule has 0 spiro atoms. The summed E-state index contributed by atoms with van der Waals surface area (Å²) in [4.78, 5) is 0. The first-order valence-electron chi connectivity index (χ1n) is 6.59. The van der Waals surface area contributed by atoms with Gasteiger partial charge < -0.3 is 11.5 Å². The van der Waals surface area contributed by atoms with Gasteiger partial charge in [-0.15, -0.1) is 0 Å². The van der Waals surface area contributed by atoms with Crippen LogP contribution in [0, 0.1) is 5.41 Å². The zero-order valence-corrected chi connectivity index (χ0v) is 11.9. The second-order valence-electron chi connectivity index (χ2n) is 6.13. The Balaban J connectivity index is 2.47. The predicted molar refractivity (Wildman–Crippen MR) is 83.0 cm³/mol. The number of rotatable bonds is 2. The summed E-state index contributed by atoms with van der Waals surface area (Å²) in [6.07, 6.45) is 0. The molecule has 0 saturated carbocycles. The van der Waals surface area contributed by atoms with Crippen molar-refractivity contribution in [1.82, 2.24) is 0 Å². The Bertz CT molecular complexity index is 487. The van der Waals surface area contributed by atoms with Crippen molar-refractivity contribution in [2.45, 2.75) is 26.7 Å². The second kappa shape index (κ2) is 4.96. The van der Waals surface area contributed by atoms with Gasteiger partial charge in [0.15, 0.2) is 0 Å². The molecule has 0 atom stereocenters. The van der Waals surface area contributed by atoms with Crippen molar-refractivity contribution in [2.24, 2.45) is 5.41 Å². The smallest absolute Gasteiger partial charge is 0.0314 e. The lowest BCUT2D eigenvalue weighted by Crippen LogP contribution is -2.19. The van der Waals surface area contributed by atoms with Gasteiger partial charge in [-0.1, -0.05) is 45.0 Å². The molecule has 2 heteroatoms. The lowest BCUT2D eigenvalue weighted by Gasteiger charge is -2.32. The largest absolute Gasteiger partial charge is 0.399 e. The maximum atomic E-state index is 5.78. The maximum Gasteiger partial charge on any atom is 0.0314 e. The van der Waals surface area contributed by atoms with Crippen LogP contribution in [0.2, 0.25) is 0 Å². The van der Waals surface area contributed by atoms with Crippen molar-refractivity contribution in [3.63, 3.8) is 0 Å². The van der Waals surface area contributed by atoms with Gasteiger partial charge in [-0.25, -0.2) is 0 Å². The van der Waals surface area contributed by atoms with Gasteiger partial charge in [0.1, 0.15) is 0 Å². The van der Waals surface area contributed by atoms with Gasteiger partial charge in [0.05, 0.1) is 0 Å². The first kappa shape index (κ1) is 13.5. The minimum Gasteiger partial charge on any atom is -0.399 e. The molecule has 0 bridgehead atoms. The molecular formula is C17H22N2. The number of anilines is 2. The second-order valence-corrected chi connectivity index (χ2v) is 6.13. The van der Waals surface area contributed by atoms with Crippen LogP contribution in [0.25, 0.3) is 0 Å². The molecule has 2 aromatic rings. The summed E-state index contributed by atoms with van der Waals surface area (Å²) in [5.41, 5.74) is 15.9. The summed E-state index contributed by atoms with van der Waals surface area (Å²) >= 11 is 0. The van der Waals surface area contributed by atoms with Gasteiger partial charge in [0.2, 0.25) is 0 Å². The number of hydrogen-bond acceptors (Lipinski definition) is 2. The van der Waals surface area contributed by atoms with Crippen molar-refractivity contribution in [3.8, 4) is 0 Å². The first-order valence-corrected chi connectivity index (χ1v) is 6.59. The highest BCUT2D eigenvalue weighted by Crippen LogP contribution is 2.40. The van der Waals surface area contributed by atoms with E-state index in [9.17, 15) is 0 Å². The lowest BCUT2D eigenvalue weighted by atomic mass is 9.72. The van der Waals surface area contributed by atoms with Crippen molar-refractivity contribution in [3.05, 3.63) is 59.7 Å². The molecule has 0 unspecified atom stereocenters. The maximum absolute atomic E-state index is 5.78. The third-order valence-corrected chi connectivity index (χ3v) is 3.41. The molecule has 2 aromatic carbocycles. The fourth-order valence-electron chi connectivity index (χ4n) is 2.57. The van der Waals surface area contributed by atoms with Crippen molar-refractivity contribution in [2.75, 3.05) is 11.5 Å². The predicted octanol–water partition coefficient (Wildman–Crippen LogP) is 4.03. The highest BCUT2D eigenvalue weighted by molar-refractivity contribution is 5.46. The topological polar surface area (TPSA) is 52.0 Å². The highest BCUT2D eigenvalue weighted by Gasteiger charge is 2.27. The standard InChI is InChI=1S/C17H22N2/c1-17(2,3)16(12-4-8-14(18)9-5-12)13-6-10-15(19)11-7-13/h4-11,16H,18-19H2,1-3H3. The van der Waals surface area contributed by atoms with Crippen LogP contribution in [-0.4, -0.2) is 0 Å². The van der Waals surface area contributed by atoms with Crippen molar-refractivity contribution in [1.29, 1.82) is 0 Å². The van der Waals surface area contributed by atoms with Crippen LogP contribution in [0.15, 0.2) is 48.5 Å². The zero-order valence-electron chi connectivity index (χ0n) is 11.9. The third kappa shape index (κ3) is 3.08. The Kier molecular flexibility index (Phi) is 3.52. The Morgan fingerprint density at radius 3 is 1.26 bits per heavy atom. The number of nitrogen functional groups attached to an aromatic ring is 2. The molecule has 0 radical (unpaired) electrons. The number of benzene rings is 2. The lowest BCUT2D eigenvalue weighted by molar-refractivity contribution is 0.358. The van der Waals surface area contributed by atoms with E-state index >= 15 is 0 Å². The van der Waals surface area contributed by atoms with Crippen LogP contribution in [0.3, 0.4) is 0 Å². The van der Waals surface area contributed by atoms with E-state index in [-0.39, 0.29) is 5.41 Å². The molecule has 2 rings (SSSR count). The van der Waals surface area contributed by atoms with Crippen LogP contribution in [0.5, 0.6) is 0 Å². The molecule has 0 aliphatic rings. The molecule has 0 heterocycles. The van der Waals surface area contributed by atoms with Crippen LogP contribution in [0.1, 0.15) is 37.8 Å². The SMILES string of the molecule is CC(C)(C)C(c1ccc(N)cc1)c1ccc(N)cc1. The van der Waals surface area contributed by atoms with E-state index in [1.165, 1.54) is 11.1 Å². The summed E-state index contributed by atoms with van der Waals surface area (Å²) < 4.78 is 0. The molecule has 0 aromatic heterocycles. The molecule has 100 valence electrons. The Labute approximate surface area is 115 Å². The van der Waals surface area contributed by atoms with Crippen LogP contribution in [0.4, 0.5) is 11.4 Å². The zero-order chi connectivity index (χ0) is 14.0. The molecule has 19 heavy (non-hydrogen) atoms. The van der Waals surface area contributed by atoms with E-state index in [1.54, 1.807) is 0 Å². The monoisotopic (exact) mass is 254 g/mol. The summed E-state index contributed by atoms with van der Waals surface area (Å²) in [6, 6.07) is 16.3. The normalized spacial score (nSPS) is 11.8. The van der Waals surface area contributed by atoms with Crippen LogP contribution >= 0.6 is 0 Å². The van der Waals surface area contributed by atoms with E-state index in [1.807, 2.05) is 24.3 Å². The minimum absolute atomic E-state index is 0.131.